The lowest BCUT2D eigenvalue weighted by molar-refractivity contribution is -0.144. The van der Waals surface area contributed by atoms with Gasteiger partial charge in [0.15, 0.2) is 0 Å². The molecule has 1 fully saturated rings. The number of aliphatic hydroxyl groups is 1. The van der Waals surface area contributed by atoms with Crippen LogP contribution >= 0.6 is 0 Å². The van der Waals surface area contributed by atoms with Crippen LogP contribution in [0.4, 0.5) is 0 Å². The summed E-state index contributed by atoms with van der Waals surface area (Å²) >= 11 is 0. The minimum Gasteiger partial charge on any atom is -0.481 e. The fourth-order valence-electron chi connectivity index (χ4n) is 1.95. The van der Waals surface area contributed by atoms with E-state index < -0.39 is 11.6 Å². The molecule has 4 nitrogen and oxygen atoms in total. The molecule has 14 heavy (non-hydrogen) atoms. The first-order chi connectivity index (χ1) is 6.38. The van der Waals surface area contributed by atoms with Crippen molar-refractivity contribution in [3.8, 4) is 0 Å². The highest BCUT2D eigenvalue weighted by atomic mass is 16.4. The zero-order valence-corrected chi connectivity index (χ0v) is 8.86. The van der Waals surface area contributed by atoms with Gasteiger partial charge in [0, 0.05) is 13.1 Å². The van der Waals surface area contributed by atoms with E-state index in [1.165, 1.54) is 0 Å². The molecule has 0 spiro atoms. The minimum atomic E-state index is -0.736. The van der Waals surface area contributed by atoms with Gasteiger partial charge in [-0.3, -0.25) is 9.69 Å². The van der Waals surface area contributed by atoms with Crippen LogP contribution in [0.15, 0.2) is 0 Å². The highest BCUT2D eigenvalue weighted by Gasteiger charge is 2.28. The Hall–Kier alpha value is -0.610. The third-order valence-electron chi connectivity index (χ3n) is 2.47. The summed E-state index contributed by atoms with van der Waals surface area (Å²) in [4.78, 5) is 12.8. The second-order valence-corrected chi connectivity index (χ2v) is 4.72. The highest BCUT2D eigenvalue weighted by Crippen LogP contribution is 2.18. The maximum absolute atomic E-state index is 10.8. The lowest BCUT2D eigenvalue weighted by Gasteiger charge is -2.34. The number of hydrogen-bond acceptors (Lipinski definition) is 3. The van der Waals surface area contributed by atoms with Crippen molar-refractivity contribution in [2.24, 2.45) is 5.92 Å². The molecule has 82 valence electrons. The number of carboxylic acid groups (broad SMARTS) is 1. The van der Waals surface area contributed by atoms with Crippen LogP contribution in [0.5, 0.6) is 0 Å². The van der Waals surface area contributed by atoms with E-state index in [1.807, 2.05) is 4.90 Å². The Labute approximate surface area is 84.5 Å². The summed E-state index contributed by atoms with van der Waals surface area (Å²) in [6.07, 6.45) is 1.67. The molecule has 4 heteroatoms. The number of aliphatic carboxylic acids is 1. The summed E-state index contributed by atoms with van der Waals surface area (Å²) in [5.74, 6) is -0.975. The fourth-order valence-corrected chi connectivity index (χ4v) is 1.95. The second kappa shape index (κ2) is 4.28. The van der Waals surface area contributed by atoms with Crippen LogP contribution < -0.4 is 0 Å². The number of nitrogens with zero attached hydrogens (tertiary/aromatic N) is 1. The Balaban J connectivity index is 2.44. The molecule has 1 heterocycles. The monoisotopic (exact) mass is 201 g/mol. The maximum atomic E-state index is 10.8. The van der Waals surface area contributed by atoms with E-state index in [-0.39, 0.29) is 5.92 Å². The first-order valence-corrected chi connectivity index (χ1v) is 5.06. The Kier molecular flexibility index (Phi) is 3.50. The smallest absolute Gasteiger partial charge is 0.307 e. The van der Waals surface area contributed by atoms with Crippen LogP contribution in [0, 0.1) is 5.92 Å². The van der Waals surface area contributed by atoms with Gasteiger partial charge in [-0.15, -0.1) is 0 Å². The number of carbonyl (C=O) groups is 1. The molecule has 1 unspecified atom stereocenters. The summed E-state index contributed by atoms with van der Waals surface area (Å²) in [5, 5.41) is 18.5. The van der Waals surface area contributed by atoms with Crippen molar-refractivity contribution in [1.29, 1.82) is 0 Å². The Morgan fingerprint density at radius 1 is 1.57 bits per heavy atom. The molecule has 0 aliphatic carbocycles. The molecule has 1 aliphatic heterocycles. The number of piperidine rings is 1. The number of likely N-dealkylation sites (tertiary alicyclic amines) is 1. The molecule has 1 atom stereocenters. The standard InChI is InChI=1S/C10H19NO3/c1-10(2,14)7-11-5-3-4-8(6-11)9(12)13/h8,14H,3-7H2,1-2H3,(H,12,13). The molecule has 0 aromatic carbocycles. The quantitative estimate of drug-likeness (QED) is 0.700. The highest BCUT2D eigenvalue weighted by molar-refractivity contribution is 5.70. The average molecular weight is 201 g/mol. The van der Waals surface area contributed by atoms with Gasteiger partial charge in [0.2, 0.25) is 0 Å². The van der Waals surface area contributed by atoms with Gasteiger partial charge in [-0.2, -0.15) is 0 Å². The van der Waals surface area contributed by atoms with E-state index in [2.05, 4.69) is 0 Å². The molecule has 0 saturated carbocycles. The van der Waals surface area contributed by atoms with Crippen molar-refractivity contribution in [2.45, 2.75) is 32.3 Å². The van der Waals surface area contributed by atoms with Crippen molar-refractivity contribution in [3.63, 3.8) is 0 Å². The van der Waals surface area contributed by atoms with Crippen LogP contribution in [0.2, 0.25) is 0 Å². The van der Waals surface area contributed by atoms with Gasteiger partial charge in [-0.25, -0.2) is 0 Å². The van der Waals surface area contributed by atoms with E-state index in [0.29, 0.717) is 13.1 Å². The number of rotatable bonds is 3. The summed E-state index contributed by atoms with van der Waals surface area (Å²) < 4.78 is 0. The Morgan fingerprint density at radius 3 is 2.71 bits per heavy atom. The molecule has 2 N–H and O–H groups in total. The van der Waals surface area contributed by atoms with Crippen LogP contribution in [0.3, 0.4) is 0 Å². The molecule has 1 rings (SSSR count). The molecular formula is C10H19NO3. The zero-order chi connectivity index (χ0) is 10.8. The second-order valence-electron chi connectivity index (χ2n) is 4.72. The lowest BCUT2D eigenvalue weighted by atomic mass is 9.97. The maximum Gasteiger partial charge on any atom is 0.307 e. The van der Waals surface area contributed by atoms with Crippen molar-refractivity contribution in [1.82, 2.24) is 4.90 Å². The third kappa shape index (κ3) is 3.64. The predicted octanol–water partition coefficient (Wildman–Crippen LogP) is 0.554. The first-order valence-electron chi connectivity index (χ1n) is 5.06. The first kappa shape index (κ1) is 11.5. The van der Waals surface area contributed by atoms with Gasteiger partial charge in [-0.1, -0.05) is 0 Å². The molecule has 0 bridgehead atoms. The van der Waals surface area contributed by atoms with Gasteiger partial charge in [0.25, 0.3) is 0 Å². The molecule has 1 saturated heterocycles. The van der Waals surface area contributed by atoms with Crippen LogP contribution in [-0.2, 0) is 4.79 Å². The van der Waals surface area contributed by atoms with Gasteiger partial charge in [0.05, 0.1) is 11.5 Å². The van der Waals surface area contributed by atoms with Crippen molar-refractivity contribution >= 4 is 5.97 Å². The summed E-state index contributed by atoms with van der Waals surface area (Å²) in [5.41, 5.74) is -0.736. The molecule has 0 aromatic rings. The summed E-state index contributed by atoms with van der Waals surface area (Å²) in [6.45, 7) is 5.51. The van der Waals surface area contributed by atoms with Gasteiger partial charge in [0.1, 0.15) is 0 Å². The summed E-state index contributed by atoms with van der Waals surface area (Å²) in [7, 11) is 0. The number of hydrogen-bond donors (Lipinski definition) is 2. The van der Waals surface area contributed by atoms with Gasteiger partial charge in [-0.05, 0) is 33.2 Å². The van der Waals surface area contributed by atoms with Crippen molar-refractivity contribution in [2.75, 3.05) is 19.6 Å². The van der Waals surface area contributed by atoms with Crippen molar-refractivity contribution in [3.05, 3.63) is 0 Å². The van der Waals surface area contributed by atoms with Crippen LogP contribution in [0.1, 0.15) is 26.7 Å². The molecule has 1 aliphatic rings. The van der Waals surface area contributed by atoms with E-state index in [9.17, 15) is 9.90 Å². The zero-order valence-electron chi connectivity index (χ0n) is 8.86. The topological polar surface area (TPSA) is 60.8 Å². The molecule has 0 aromatic heterocycles. The molecular weight excluding hydrogens is 182 g/mol. The van der Waals surface area contributed by atoms with Gasteiger partial charge < -0.3 is 10.2 Å². The SMILES string of the molecule is CC(C)(O)CN1CCCC(C(=O)O)C1. The predicted molar refractivity (Wildman–Crippen MR) is 53.1 cm³/mol. The van der Waals surface area contributed by atoms with E-state index in [0.717, 1.165) is 19.4 Å². The number of carboxylic acids is 1. The minimum absolute atomic E-state index is 0.258. The fraction of sp³-hybridized carbons (Fsp3) is 0.900. The van der Waals surface area contributed by atoms with E-state index in [1.54, 1.807) is 13.8 Å². The Morgan fingerprint density at radius 2 is 2.21 bits per heavy atom. The van der Waals surface area contributed by atoms with Gasteiger partial charge >= 0.3 is 5.97 Å². The van der Waals surface area contributed by atoms with Crippen molar-refractivity contribution < 1.29 is 15.0 Å². The molecule has 0 radical (unpaired) electrons. The largest absolute Gasteiger partial charge is 0.481 e. The normalized spacial score (nSPS) is 24.9. The summed E-state index contributed by atoms with van der Waals surface area (Å²) in [6, 6.07) is 0. The van der Waals surface area contributed by atoms with E-state index in [4.69, 9.17) is 5.11 Å². The number of β-amino-alcohol motifs (C(OH)–C–C–N with tert-alkyl or cyclic N) is 1. The lowest BCUT2D eigenvalue weighted by Crippen LogP contribution is -2.45. The third-order valence-corrected chi connectivity index (χ3v) is 2.47. The van der Waals surface area contributed by atoms with Crippen LogP contribution in [-0.4, -0.2) is 46.3 Å². The average Bonchev–Trinajstić information content (AvgIpc) is 2.01. The van der Waals surface area contributed by atoms with E-state index >= 15 is 0 Å². The van der Waals surface area contributed by atoms with Crippen LogP contribution in [0.25, 0.3) is 0 Å². The Bertz CT molecular complexity index is 210. The molecule has 0 amide bonds.